The summed E-state index contributed by atoms with van der Waals surface area (Å²) < 4.78 is 7.60. The van der Waals surface area contributed by atoms with Crippen molar-refractivity contribution in [1.82, 2.24) is 19.6 Å². The fraction of sp³-hybridized carbons (Fsp3) is 0.500. The molecule has 0 spiro atoms. The standard InChI is InChI=1S/C20H27N5O/c1-12-10-16-18(25(12)5)11-17(19-13(2)23-26-14(19)3)22-20(16)21-15-6-8-24(4)9-7-15/h10-11,15H,6-9H2,1-5H3,(H,21,22). The van der Waals surface area contributed by atoms with E-state index in [0.29, 0.717) is 6.04 Å². The number of piperidine rings is 1. The number of rotatable bonds is 3. The summed E-state index contributed by atoms with van der Waals surface area (Å²) in [6.45, 7) is 8.30. The smallest absolute Gasteiger partial charge is 0.143 e. The van der Waals surface area contributed by atoms with Gasteiger partial charge in [0.1, 0.15) is 11.6 Å². The van der Waals surface area contributed by atoms with E-state index in [2.05, 4.69) is 53.1 Å². The van der Waals surface area contributed by atoms with Gasteiger partial charge in [0, 0.05) is 24.2 Å². The molecule has 0 bridgehead atoms. The monoisotopic (exact) mass is 353 g/mol. The van der Waals surface area contributed by atoms with E-state index in [1.54, 1.807) is 0 Å². The second-order valence-electron chi connectivity index (χ2n) is 7.55. The van der Waals surface area contributed by atoms with Gasteiger partial charge in [-0.15, -0.1) is 0 Å². The number of nitrogens with one attached hydrogen (secondary N) is 1. The molecular formula is C20H27N5O. The van der Waals surface area contributed by atoms with E-state index in [4.69, 9.17) is 9.51 Å². The molecule has 1 saturated heterocycles. The number of hydrogen-bond acceptors (Lipinski definition) is 5. The second kappa shape index (κ2) is 6.43. The van der Waals surface area contributed by atoms with Crippen molar-refractivity contribution in [3.8, 4) is 11.3 Å². The quantitative estimate of drug-likeness (QED) is 0.779. The van der Waals surface area contributed by atoms with Crippen LogP contribution in [0.5, 0.6) is 0 Å². The molecule has 0 aromatic carbocycles. The van der Waals surface area contributed by atoms with Crippen molar-refractivity contribution in [3.05, 3.63) is 29.3 Å². The summed E-state index contributed by atoms with van der Waals surface area (Å²) in [5.41, 5.74) is 5.21. The summed E-state index contributed by atoms with van der Waals surface area (Å²) in [6.07, 6.45) is 2.28. The molecule has 3 aromatic heterocycles. The number of pyridine rings is 1. The zero-order valence-corrected chi connectivity index (χ0v) is 16.3. The van der Waals surface area contributed by atoms with Gasteiger partial charge in [-0.2, -0.15) is 0 Å². The molecule has 26 heavy (non-hydrogen) atoms. The predicted molar refractivity (Wildman–Crippen MR) is 105 cm³/mol. The van der Waals surface area contributed by atoms with Crippen LogP contribution >= 0.6 is 0 Å². The Morgan fingerprint density at radius 1 is 1.12 bits per heavy atom. The molecule has 1 aliphatic rings. The predicted octanol–water partition coefficient (Wildman–Crippen LogP) is 3.66. The SMILES string of the molecule is Cc1noc(C)c1-c1cc2c(cc(C)n2C)c(NC2CCN(C)CC2)n1. The van der Waals surface area contributed by atoms with Gasteiger partial charge in [0.15, 0.2) is 0 Å². The Balaban J connectivity index is 1.81. The number of aryl methyl sites for hydroxylation is 4. The third kappa shape index (κ3) is 2.88. The molecular weight excluding hydrogens is 326 g/mol. The summed E-state index contributed by atoms with van der Waals surface area (Å²) in [4.78, 5) is 7.38. The van der Waals surface area contributed by atoms with Crippen molar-refractivity contribution in [3.63, 3.8) is 0 Å². The first-order valence-corrected chi connectivity index (χ1v) is 9.29. The summed E-state index contributed by atoms with van der Waals surface area (Å²) in [6, 6.07) is 4.83. The number of anilines is 1. The maximum absolute atomic E-state index is 5.38. The average molecular weight is 353 g/mol. The Labute approximate surface area is 154 Å². The van der Waals surface area contributed by atoms with Crippen molar-refractivity contribution in [2.45, 2.75) is 39.7 Å². The highest BCUT2D eigenvalue weighted by atomic mass is 16.5. The van der Waals surface area contributed by atoms with Crippen LogP contribution in [0.1, 0.15) is 30.0 Å². The summed E-state index contributed by atoms with van der Waals surface area (Å²) in [7, 11) is 4.29. The molecule has 4 rings (SSSR count). The van der Waals surface area contributed by atoms with Crippen LogP contribution in [0.3, 0.4) is 0 Å². The molecule has 3 aromatic rings. The fourth-order valence-electron chi connectivity index (χ4n) is 3.89. The second-order valence-corrected chi connectivity index (χ2v) is 7.55. The minimum Gasteiger partial charge on any atom is -0.367 e. The zero-order chi connectivity index (χ0) is 18.4. The maximum Gasteiger partial charge on any atom is 0.143 e. The van der Waals surface area contributed by atoms with E-state index in [1.165, 1.54) is 16.6 Å². The third-order valence-corrected chi connectivity index (χ3v) is 5.63. The van der Waals surface area contributed by atoms with Crippen LogP contribution in [0, 0.1) is 20.8 Å². The van der Waals surface area contributed by atoms with Gasteiger partial charge in [-0.05, 0) is 65.9 Å². The van der Waals surface area contributed by atoms with Crippen LogP contribution in [-0.4, -0.2) is 45.8 Å². The van der Waals surface area contributed by atoms with Gasteiger partial charge in [-0.1, -0.05) is 5.16 Å². The first-order chi connectivity index (χ1) is 12.4. The number of fused-ring (bicyclic) bond motifs is 1. The van der Waals surface area contributed by atoms with E-state index in [0.717, 1.165) is 54.5 Å². The lowest BCUT2D eigenvalue weighted by atomic mass is 10.0. The Bertz CT molecular complexity index is 927. The molecule has 1 fully saturated rings. The number of hydrogen-bond donors (Lipinski definition) is 1. The van der Waals surface area contributed by atoms with Crippen molar-refractivity contribution in [2.75, 3.05) is 25.5 Å². The lowest BCUT2D eigenvalue weighted by molar-refractivity contribution is 0.264. The Morgan fingerprint density at radius 2 is 1.85 bits per heavy atom. The first-order valence-electron chi connectivity index (χ1n) is 9.29. The van der Waals surface area contributed by atoms with E-state index in [-0.39, 0.29) is 0 Å². The van der Waals surface area contributed by atoms with E-state index < -0.39 is 0 Å². The maximum atomic E-state index is 5.38. The highest BCUT2D eigenvalue weighted by Gasteiger charge is 2.21. The van der Waals surface area contributed by atoms with E-state index >= 15 is 0 Å². The first kappa shape index (κ1) is 17.1. The highest BCUT2D eigenvalue weighted by Crippen LogP contribution is 2.33. The fourth-order valence-corrected chi connectivity index (χ4v) is 3.89. The molecule has 6 nitrogen and oxygen atoms in total. The molecule has 0 unspecified atom stereocenters. The normalized spacial score (nSPS) is 16.5. The number of aromatic nitrogens is 3. The van der Waals surface area contributed by atoms with Crippen molar-refractivity contribution >= 4 is 16.7 Å². The molecule has 0 amide bonds. The van der Waals surface area contributed by atoms with Gasteiger partial charge in [-0.3, -0.25) is 0 Å². The molecule has 1 aliphatic heterocycles. The lowest BCUT2D eigenvalue weighted by Gasteiger charge is -2.30. The van der Waals surface area contributed by atoms with Gasteiger partial charge in [0.2, 0.25) is 0 Å². The summed E-state index contributed by atoms with van der Waals surface area (Å²) >= 11 is 0. The zero-order valence-electron chi connectivity index (χ0n) is 16.3. The van der Waals surface area contributed by atoms with Gasteiger partial charge in [0.25, 0.3) is 0 Å². The largest absolute Gasteiger partial charge is 0.367 e. The average Bonchev–Trinajstić information content (AvgIpc) is 3.10. The molecule has 138 valence electrons. The Hall–Kier alpha value is -2.34. The molecule has 0 saturated carbocycles. The van der Waals surface area contributed by atoms with Gasteiger partial charge in [0.05, 0.1) is 22.5 Å². The van der Waals surface area contributed by atoms with Gasteiger partial charge < -0.3 is 19.3 Å². The minimum absolute atomic E-state index is 0.460. The third-order valence-electron chi connectivity index (χ3n) is 5.63. The molecule has 0 radical (unpaired) electrons. The highest BCUT2D eigenvalue weighted by molar-refractivity contribution is 5.94. The van der Waals surface area contributed by atoms with Crippen LogP contribution in [0.2, 0.25) is 0 Å². The van der Waals surface area contributed by atoms with Crippen LogP contribution in [0.25, 0.3) is 22.2 Å². The van der Waals surface area contributed by atoms with Gasteiger partial charge in [-0.25, -0.2) is 4.98 Å². The van der Waals surface area contributed by atoms with Gasteiger partial charge >= 0.3 is 0 Å². The summed E-state index contributed by atoms with van der Waals surface area (Å²) in [5, 5.41) is 9.01. The summed E-state index contributed by atoms with van der Waals surface area (Å²) in [5.74, 6) is 1.78. The number of likely N-dealkylation sites (tertiary alicyclic amines) is 1. The molecule has 0 atom stereocenters. The van der Waals surface area contributed by atoms with Crippen LogP contribution in [-0.2, 0) is 7.05 Å². The molecule has 6 heteroatoms. The van der Waals surface area contributed by atoms with Crippen molar-refractivity contribution < 1.29 is 4.52 Å². The van der Waals surface area contributed by atoms with Crippen molar-refractivity contribution in [1.29, 1.82) is 0 Å². The topological polar surface area (TPSA) is 59.1 Å². The minimum atomic E-state index is 0.460. The lowest BCUT2D eigenvalue weighted by Crippen LogP contribution is -2.36. The Kier molecular flexibility index (Phi) is 4.23. The van der Waals surface area contributed by atoms with Crippen LogP contribution < -0.4 is 5.32 Å². The van der Waals surface area contributed by atoms with E-state index in [9.17, 15) is 0 Å². The van der Waals surface area contributed by atoms with Crippen LogP contribution in [0.15, 0.2) is 16.7 Å². The molecule has 1 N–H and O–H groups in total. The molecule has 0 aliphatic carbocycles. The van der Waals surface area contributed by atoms with Crippen molar-refractivity contribution in [2.24, 2.45) is 7.05 Å². The van der Waals surface area contributed by atoms with E-state index in [1.807, 2.05) is 13.8 Å². The number of nitrogens with zero attached hydrogens (tertiary/aromatic N) is 4. The molecule has 4 heterocycles. The van der Waals surface area contributed by atoms with Crippen LogP contribution in [0.4, 0.5) is 5.82 Å². The Morgan fingerprint density at radius 3 is 2.50 bits per heavy atom.